The first-order valence-corrected chi connectivity index (χ1v) is 13.4. The molecule has 4 rings (SSSR count). The number of aryl methyl sites for hydroxylation is 1. The van der Waals surface area contributed by atoms with Gasteiger partial charge < -0.3 is 14.8 Å². The van der Waals surface area contributed by atoms with Crippen LogP contribution in [0.25, 0.3) is 11.4 Å². The summed E-state index contributed by atoms with van der Waals surface area (Å²) in [6.45, 7) is 7.10. The molecule has 1 aliphatic rings. The van der Waals surface area contributed by atoms with Gasteiger partial charge in [0.05, 0.1) is 29.4 Å². The number of hydrogen-bond donors (Lipinski definition) is 1. The summed E-state index contributed by atoms with van der Waals surface area (Å²) in [7, 11) is -2.12. The second-order valence-corrected chi connectivity index (χ2v) is 11.4. The molecule has 0 atom stereocenters. The molecular formula is C24H30ClF4N7O2S. The highest BCUT2D eigenvalue weighted by atomic mass is 35.5. The number of piperazine rings is 1. The molecule has 2 aromatic heterocycles. The van der Waals surface area contributed by atoms with Gasteiger partial charge in [0.2, 0.25) is 16.0 Å². The van der Waals surface area contributed by atoms with Gasteiger partial charge in [-0.3, -0.25) is 0 Å². The summed E-state index contributed by atoms with van der Waals surface area (Å²) in [6.07, 6.45) is -3.59. The molecule has 1 fully saturated rings. The Kier molecular flexibility index (Phi) is 9.25. The van der Waals surface area contributed by atoms with Crippen LogP contribution in [0.2, 0.25) is 0 Å². The first-order valence-electron chi connectivity index (χ1n) is 12.0. The Morgan fingerprint density at radius 3 is 2.36 bits per heavy atom. The van der Waals surface area contributed by atoms with Gasteiger partial charge in [-0.25, -0.2) is 27.8 Å². The van der Waals surface area contributed by atoms with Gasteiger partial charge in [0.1, 0.15) is 11.5 Å². The van der Waals surface area contributed by atoms with E-state index >= 15 is 0 Å². The van der Waals surface area contributed by atoms with Crippen LogP contribution in [0.4, 0.5) is 29.2 Å². The topological polar surface area (TPSA) is 96.2 Å². The maximum absolute atomic E-state index is 14.7. The first-order chi connectivity index (χ1) is 17.8. The van der Waals surface area contributed by atoms with Crippen LogP contribution in [0.5, 0.6) is 0 Å². The van der Waals surface area contributed by atoms with Crippen molar-refractivity contribution in [3.05, 3.63) is 47.8 Å². The Morgan fingerprint density at radius 1 is 1.08 bits per heavy atom. The maximum atomic E-state index is 14.7. The molecule has 1 aromatic carbocycles. The number of sulfonamides is 1. The van der Waals surface area contributed by atoms with Gasteiger partial charge in [-0.2, -0.15) is 17.5 Å². The van der Waals surface area contributed by atoms with Crippen molar-refractivity contribution < 1.29 is 26.0 Å². The number of imidazole rings is 1. The average Bonchev–Trinajstić information content (AvgIpc) is 3.22. The van der Waals surface area contributed by atoms with Crippen molar-refractivity contribution in [1.82, 2.24) is 28.7 Å². The van der Waals surface area contributed by atoms with E-state index in [1.54, 1.807) is 11.5 Å². The molecule has 214 valence electrons. The number of benzene rings is 1. The monoisotopic (exact) mass is 591 g/mol. The minimum atomic E-state index is -4.61. The quantitative estimate of drug-likeness (QED) is 0.402. The fourth-order valence-electron chi connectivity index (χ4n) is 4.40. The Hall–Kier alpha value is -2.81. The Bertz CT molecular complexity index is 1420. The third kappa shape index (κ3) is 6.86. The molecule has 0 unspecified atom stereocenters. The SMILES string of the molecule is Cc1ncc(-c2nc(Nc3ccc(S(=O)(=O)N4CCN(C)CC4)cc3CC(F)(F)F)ncc2F)n1C(C)C.Cl. The van der Waals surface area contributed by atoms with E-state index in [0.29, 0.717) is 24.6 Å². The Balaban J connectivity index is 0.00000420. The molecule has 1 aliphatic heterocycles. The van der Waals surface area contributed by atoms with Crippen LogP contribution in [-0.2, 0) is 16.4 Å². The summed E-state index contributed by atoms with van der Waals surface area (Å²) in [5, 5.41) is 2.72. The predicted molar refractivity (Wildman–Crippen MR) is 141 cm³/mol. The lowest BCUT2D eigenvalue weighted by Gasteiger charge is -2.31. The van der Waals surface area contributed by atoms with Crippen LogP contribution in [0.1, 0.15) is 31.3 Å². The summed E-state index contributed by atoms with van der Waals surface area (Å²) < 4.78 is 84.4. The number of anilines is 2. The Labute approximate surface area is 230 Å². The molecule has 0 amide bonds. The summed E-state index contributed by atoms with van der Waals surface area (Å²) in [4.78, 5) is 14.1. The fraction of sp³-hybridized carbons (Fsp3) is 0.458. The van der Waals surface area contributed by atoms with Crippen LogP contribution in [0.15, 0.2) is 35.5 Å². The van der Waals surface area contributed by atoms with E-state index in [1.165, 1.54) is 22.6 Å². The van der Waals surface area contributed by atoms with Crippen LogP contribution in [0, 0.1) is 12.7 Å². The maximum Gasteiger partial charge on any atom is 0.393 e. The summed E-state index contributed by atoms with van der Waals surface area (Å²) in [6, 6.07) is 3.47. The second-order valence-electron chi connectivity index (χ2n) is 9.49. The van der Waals surface area contributed by atoms with Crippen molar-refractivity contribution >= 4 is 34.1 Å². The Morgan fingerprint density at radius 2 is 1.74 bits per heavy atom. The molecule has 1 saturated heterocycles. The van der Waals surface area contributed by atoms with Crippen LogP contribution in [-0.4, -0.2) is 76.5 Å². The molecule has 0 saturated carbocycles. The minimum Gasteiger partial charge on any atom is -0.324 e. The van der Waals surface area contributed by atoms with Gasteiger partial charge in [0, 0.05) is 37.9 Å². The van der Waals surface area contributed by atoms with Crippen molar-refractivity contribution in [1.29, 1.82) is 0 Å². The summed E-state index contributed by atoms with van der Waals surface area (Å²) in [5.41, 5.74) is -0.0102. The van der Waals surface area contributed by atoms with E-state index in [1.807, 2.05) is 25.8 Å². The first kappa shape index (κ1) is 30.7. The van der Waals surface area contributed by atoms with Crippen LogP contribution in [0.3, 0.4) is 0 Å². The lowest BCUT2D eigenvalue weighted by molar-refractivity contribution is -0.127. The van der Waals surface area contributed by atoms with Gasteiger partial charge in [-0.05, 0) is 51.6 Å². The number of aromatic nitrogens is 4. The van der Waals surface area contributed by atoms with E-state index in [0.717, 1.165) is 12.3 Å². The third-order valence-electron chi connectivity index (χ3n) is 6.30. The standard InChI is InChI=1S/C24H29F4N7O2S.ClH/c1-15(2)35-16(3)29-14-21(35)22-19(25)13-30-23(32-22)31-20-6-5-18(11-17(20)12-24(26,27)28)38(36,37)34-9-7-33(4)8-10-34;/h5-6,11,13-15H,7-10,12H2,1-4H3,(H,30,31,32);1H. The number of rotatable bonds is 7. The van der Waals surface area contributed by atoms with E-state index in [2.05, 4.69) is 20.3 Å². The lowest BCUT2D eigenvalue weighted by atomic mass is 10.1. The molecule has 15 heteroatoms. The molecule has 39 heavy (non-hydrogen) atoms. The highest BCUT2D eigenvalue weighted by Gasteiger charge is 2.32. The highest BCUT2D eigenvalue weighted by Crippen LogP contribution is 2.32. The van der Waals surface area contributed by atoms with E-state index in [4.69, 9.17) is 0 Å². The highest BCUT2D eigenvalue weighted by molar-refractivity contribution is 7.89. The van der Waals surface area contributed by atoms with Gasteiger partial charge in [0.25, 0.3) is 0 Å². The fourth-order valence-corrected chi connectivity index (χ4v) is 5.87. The van der Waals surface area contributed by atoms with Crippen LogP contribution < -0.4 is 5.32 Å². The number of likely N-dealkylation sites (N-methyl/N-ethyl adjacent to an activating group) is 1. The molecule has 0 spiro atoms. The lowest BCUT2D eigenvalue weighted by Crippen LogP contribution is -2.47. The molecule has 9 nitrogen and oxygen atoms in total. The van der Waals surface area contributed by atoms with E-state index in [-0.39, 0.29) is 59.3 Å². The average molecular weight is 592 g/mol. The zero-order valence-corrected chi connectivity index (χ0v) is 23.5. The summed E-state index contributed by atoms with van der Waals surface area (Å²) in [5.74, 6) is -0.220. The van der Waals surface area contributed by atoms with Crippen molar-refractivity contribution in [2.24, 2.45) is 0 Å². The molecule has 0 aliphatic carbocycles. The normalized spacial score (nSPS) is 15.4. The van der Waals surface area contributed by atoms with E-state index in [9.17, 15) is 26.0 Å². The van der Waals surface area contributed by atoms with Crippen molar-refractivity contribution in [2.75, 3.05) is 38.5 Å². The molecule has 3 aromatic rings. The minimum absolute atomic E-state index is 0. The largest absolute Gasteiger partial charge is 0.393 e. The zero-order chi connectivity index (χ0) is 27.8. The molecule has 0 bridgehead atoms. The van der Waals surface area contributed by atoms with Gasteiger partial charge >= 0.3 is 6.18 Å². The van der Waals surface area contributed by atoms with Crippen LogP contribution >= 0.6 is 12.4 Å². The van der Waals surface area contributed by atoms with Gasteiger partial charge in [-0.15, -0.1) is 12.4 Å². The van der Waals surface area contributed by atoms with Gasteiger partial charge in [0.15, 0.2) is 5.82 Å². The van der Waals surface area contributed by atoms with E-state index < -0.39 is 28.4 Å². The van der Waals surface area contributed by atoms with Gasteiger partial charge in [-0.1, -0.05) is 0 Å². The smallest absolute Gasteiger partial charge is 0.324 e. The number of nitrogens with zero attached hydrogens (tertiary/aromatic N) is 6. The predicted octanol–water partition coefficient (Wildman–Crippen LogP) is 4.57. The number of hydrogen-bond acceptors (Lipinski definition) is 7. The van der Waals surface area contributed by atoms with Crippen molar-refractivity contribution in [3.63, 3.8) is 0 Å². The van der Waals surface area contributed by atoms with Crippen molar-refractivity contribution in [2.45, 2.75) is 44.3 Å². The molecule has 1 N–H and O–H groups in total. The number of nitrogens with one attached hydrogen (secondary N) is 1. The molecular weight excluding hydrogens is 562 g/mol. The zero-order valence-electron chi connectivity index (χ0n) is 21.8. The second kappa shape index (κ2) is 11.7. The molecule has 0 radical (unpaired) electrons. The summed E-state index contributed by atoms with van der Waals surface area (Å²) >= 11 is 0. The van der Waals surface area contributed by atoms with Crippen molar-refractivity contribution in [3.8, 4) is 11.4 Å². The number of alkyl halides is 3. The molecule has 3 heterocycles. The number of halogens is 5. The third-order valence-corrected chi connectivity index (χ3v) is 8.19.